The highest BCUT2D eigenvalue weighted by atomic mass is 15.2. The molecule has 0 amide bonds. The van der Waals surface area contributed by atoms with Gasteiger partial charge in [0.1, 0.15) is 5.82 Å². The number of rotatable bonds is 4. The second-order valence-electron chi connectivity index (χ2n) is 5.85. The van der Waals surface area contributed by atoms with E-state index in [0.717, 1.165) is 11.5 Å². The summed E-state index contributed by atoms with van der Waals surface area (Å²) in [7, 11) is 0. The summed E-state index contributed by atoms with van der Waals surface area (Å²) in [4.78, 5) is 13.2. The molecule has 1 fully saturated rings. The predicted octanol–water partition coefficient (Wildman–Crippen LogP) is 3.42. The highest BCUT2D eigenvalue weighted by Crippen LogP contribution is 2.26. The molecule has 2 N–H and O–H groups in total. The van der Waals surface area contributed by atoms with Gasteiger partial charge in [-0.15, -0.1) is 0 Å². The zero-order valence-electron chi connectivity index (χ0n) is 13.0. The fourth-order valence-corrected chi connectivity index (χ4v) is 2.50. The Hall–Kier alpha value is -2.17. The van der Waals surface area contributed by atoms with Gasteiger partial charge >= 0.3 is 0 Å². The van der Waals surface area contributed by atoms with Crippen molar-refractivity contribution in [1.29, 1.82) is 0 Å². The Balaban J connectivity index is 1.88. The molecule has 0 spiro atoms. The maximum absolute atomic E-state index is 4.47. The van der Waals surface area contributed by atoms with Crippen LogP contribution < -0.4 is 10.6 Å². The summed E-state index contributed by atoms with van der Waals surface area (Å²) in [6.45, 7) is 8.19. The van der Waals surface area contributed by atoms with Crippen molar-refractivity contribution in [3.8, 4) is 0 Å². The molecule has 1 aromatic carbocycles. The molecule has 0 radical (unpaired) electrons. The van der Waals surface area contributed by atoms with Crippen LogP contribution in [-0.2, 0) is 0 Å². The maximum Gasteiger partial charge on any atom is 0.232 e. The smallest absolute Gasteiger partial charge is 0.232 e. The average Bonchev–Trinajstić information content (AvgIpc) is 3.17. The minimum Gasteiger partial charge on any atom is -0.351 e. The van der Waals surface area contributed by atoms with E-state index in [2.05, 4.69) is 58.5 Å². The SMILES string of the molecule is Cc1cc(C)c(Nc2nc(C)nc(NC3CC3)n2)c(C)c1. The molecule has 2 aromatic rings. The van der Waals surface area contributed by atoms with Crippen LogP contribution in [0.4, 0.5) is 17.6 Å². The minimum absolute atomic E-state index is 0.530. The Morgan fingerprint density at radius 1 is 0.905 bits per heavy atom. The van der Waals surface area contributed by atoms with Crippen LogP contribution in [-0.4, -0.2) is 21.0 Å². The summed E-state index contributed by atoms with van der Waals surface area (Å²) in [6.07, 6.45) is 2.40. The lowest BCUT2D eigenvalue weighted by Crippen LogP contribution is -2.10. The zero-order valence-corrected chi connectivity index (χ0v) is 13.0. The van der Waals surface area contributed by atoms with Gasteiger partial charge in [-0.05, 0) is 51.7 Å². The van der Waals surface area contributed by atoms with Gasteiger partial charge in [-0.3, -0.25) is 0 Å². The van der Waals surface area contributed by atoms with Crippen LogP contribution in [0.5, 0.6) is 0 Å². The molecular weight excluding hydrogens is 262 g/mol. The van der Waals surface area contributed by atoms with Crippen LogP contribution in [0, 0.1) is 27.7 Å². The van der Waals surface area contributed by atoms with Crippen molar-refractivity contribution in [2.75, 3.05) is 10.6 Å². The molecule has 21 heavy (non-hydrogen) atoms. The second-order valence-corrected chi connectivity index (χ2v) is 5.85. The van der Waals surface area contributed by atoms with E-state index in [9.17, 15) is 0 Å². The molecule has 0 saturated heterocycles. The van der Waals surface area contributed by atoms with Crippen molar-refractivity contribution in [2.24, 2.45) is 0 Å². The van der Waals surface area contributed by atoms with Crippen LogP contribution in [0.25, 0.3) is 0 Å². The summed E-state index contributed by atoms with van der Waals surface area (Å²) in [5.74, 6) is 1.98. The first kappa shape index (κ1) is 13.8. The Bertz CT molecular complexity index is 653. The summed E-state index contributed by atoms with van der Waals surface area (Å²) in [5, 5.41) is 6.66. The van der Waals surface area contributed by atoms with E-state index >= 15 is 0 Å². The van der Waals surface area contributed by atoms with E-state index in [1.807, 2.05) is 6.92 Å². The number of aromatic nitrogens is 3. The van der Waals surface area contributed by atoms with Gasteiger partial charge < -0.3 is 10.6 Å². The Kier molecular flexibility index (Phi) is 3.49. The molecule has 1 aliphatic rings. The number of benzene rings is 1. The van der Waals surface area contributed by atoms with Crippen LogP contribution in [0.1, 0.15) is 35.4 Å². The lowest BCUT2D eigenvalue weighted by molar-refractivity contribution is 0.957. The number of anilines is 3. The second kappa shape index (κ2) is 5.31. The molecular formula is C16H21N5. The molecule has 0 bridgehead atoms. The fourth-order valence-electron chi connectivity index (χ4n) is 2.50. The third kappa shape index (κ3) is 3.29. The average molecular weight is 283 g/mol. The molecule has 0 unspecified atom stereocenters. The van der Waals surface area contributed by atoms with Gasteiger partial charge in [-0.2, -0.15) is 15.0 Å². The molecule has 0 atom stereocenters. The number of hydrogen-bond acceptors (Lipinski definition) is 5. The molecule has 3 rings (SSSR count). The lowest BCUT2D eigenvalue weighted by Gasteiger charge is -2.13. The number of hydrogen-bond donors (Lipinski definition) is 2. The van der Waals surface area contributed by atoms with Crippen molar-refractivity contribution < 1.29 is 0 Å². The largest absolute Gasteiger partial charge is 0.351 e. The van der Waals surface area contributed by atoms with Crippen LogP contribution in [0.2, 0.25) is 0 Å². The first-order valence-electron chi connectivity index (χ1n) is 7.35. The van der Waals surface area contributed by atoms with Gasteiger partial charge in [0.15, 0.2) is 0 Å². The zero-order chi connectivity index (χ0) is 15.0. The Morgan fingerprint density at radius 3 is 2.14 bits per heavy atom. The Labute approximate surface area is 125 Å². The number of nitrogens with one attached hydrogen (secondary N) is 2. The van der Waals surface area contributed by atoms with Crippen molar-refractivity contribution in [3.05, 3.63) is 34.6 Å². The molecule has 5 heteroatoms. The van der Waals surface area contributed by atoms with Gasteiger partial charge in [0, 0.05) is 11.7 Å². The van der Waals surface area contributed by atoms with Gasteiger partial charge in [0.25, 0.3) is 0 Å². The molecule has 1 aromatic heterocycles. The van der Waals surface area contributed by atoms with Gasteiger partial charge in [0.2, 0.25) is 11.9 Å². The van der Waals surface area contributed by atoms with Crippen molar-refractivity contribution in [2.45, 2.75) is 46.6 Å². The fraction of sp³-hybridized carbons (Fsp3) is 0.438. The molecule has 1 heterocycles. The van der Waals surface area contributed by atoms with Gasteiger partial charge in [0.05, 0.1) is 0 Å². The third-order valence-electron chi connectivity index (χ3n) is 3.57. The third-order valence-corrected chi connectivity index (χ3v) is 3.57. The molecule has 1 aliphatic carbocycles. The number of aryl methyl sites for hydroxylation is 4. The van der Waals surface area contributed by atoms with Crippen LogP contribution in [0.3, 0.4) is 0 Å². The van der Waals surface area contributed by atoms with Crippen molar-refractivity contribution in [1.82, 2.24) is 15.0 Å². The van der Waals surface area contributed by atoms with E-state index in [1.165, 1.54) is 29.5 Å². The summed E-state index contributed by atoms with van der Waals surface area (Å²) >= 11 is 0. The molecule has 110 valence electrons. The van der Waals surface area contributed by atoms with E-state index < -0.39 is 0 Å². The highest BCUT2D eigenvalue weighted by molar-refractivity contribution is 5.64. The van der Waals surface area contributed by atoms with Crippen molar-refractivity contribution in [3.63, 3.8) is 0 Å². The monoisotopic (exact) mass is 283 g/mol. The summed E-state index contributed by atoms with van der Waals surface area (Å²) in [5.41, 5.74) is 4.73. The molecule has 5 nitrogen and oxygen atoms in total. The maximum atomic E-state index is 4.47. The van der Waals surface area contributed by atoms with Crippen LogP contribution >= 0.6 is 0 Å². The van der Waals surface area contributed by atoms with E-state index in [1.54, 1.807) is 0 Å². The molecule has 1 saturated carbocycles. The molecule has 0 aliphatic heterocycles. The lowest BCUT2D eigenvalue weighted by atomic mass is 10.1. The minimum atomic E-state index is 0.530. The summed E-state index contributed by atoms with van der Waals surface area (Å²) < 4.78 is 0. The normalized spacial score (nSPS) is 14.1. The first-order chi connectivity index (χ1) is 10.0. The van der Waals surface area contributed by atoms with Crippen LogP contribution in [0.15, 0.2) is 12.1 Å². The van der Waals surface area contributed by atoms with Crippen molar-refractivity contribution >= 4 is 17.6 Å². The predicted molar refractivity (Wildman–Crippen MR) is 85.1 cm³/mol. The standard InChI is InChI=1S/C16H21N5/c1-9-7-10(2)14(11(3)8-9)20-16-18-12(4)17-15(21-16)19-13-5-6-13/h7-8,13H,5-6H2,1-4H3,(H2,17,18,19,20,21). The van der Waals surface area contributed by atoms with Gasteiger partial charge in [-0.25, -0.2) is 0 Å². The first-order valence-corrected chi connectivity index (χ1v) is 7.35. The number of nitrogens with zero attached hydrogens (tertiary/aromatic N) is 3. The topological polar surface area (TPSA) is 62.7 Å². The van der Waals surface area contributed by atoms with E-state index in [0.29, 0.717) is 17.9 Å². The highest BCUT2D eigenvalue weighted by Gasteiger charge is 2.22. The summed E-state index contributed by atoms with van der Waals surface area (Å²) in [6, 6.07) is 4.85. The quantitative estimate of drug-likeness (QED) is 0.900. The van der Waals surface area contributed by atoms with Gasteiger partial charge in [-0.1, -0.05) is 17.7 Å². The Morgan fingerprint density at radius 2 is 1.52 bits per heavy atom. The van der Waals surface area contributed by atoms with E-state index in [-0.39, 0.29) is 0 Å². The van der Waals surface area contributed by atoms with E-state index in [4.69, 9.17) is 0 Å².